The van der Waals surface area contributed by atoms with Crippen LogP contribution in [-0.2, 0) is 16.0 Å². The molecule has 0 radical (unpaired) electrons. The Labute approximate surface area is 122 Å². The second kappa shape index (κ2) is 5.85. The van der Waals surface area contributed by atoms with E-state index in [4.69, 9.17) is 16.3 Å². The van der Waals surface area contributed by atoms with E-state index in [-0.39, 0.29) is 12.0 Å². The highest BCUT2D eigenvalue weighted by atomic mass is 35.5. The van der Waals surface area contributed by atoms with Crippen molar-refractivity contribution in [2.45, 2.75) is 25.4 Å². The fourth-order valence-corrected chi connectivity index (χ4v) is 2.75. The molecule has 1 saturated heterocycles. The lowest BCUT2D eigenvalue weighted by Gasteiger charge is -2.09. The van der Waals surface area contributed by atoms with Crippen molar-refractivity contribution in [3.63, 3.8) is 0 Å². The Balaban J connectivity index is 1.59. The first kappa shape index (κ1) is 13.5. The van der Waals surface area contributed by atoms with Crippen molar-refractivity contribution < 1.29 is 9.53 Å². The third-order valence-corrected chi connectivity index (χ3v) is 3.88. The Bertz CT molecular complexity index is 617. The molecule has 106 valence electrons. The number of benzene rings is 1. The number of fused-ring (bicyclic) bond motifs is 1. The molecule has 4 nitrogen and oxygen atoms in total. The largest absolute Gasteiger partial charge is 0.368 e. The predicted octanol–water partition coefficient (Wildman–Crippen LogP) is 2.66. The highest BCUT2D eigenvalue weighted by molar-refractivity contribution is 6.31. The van der Waals surface area contributed by atoms with Gasteiger partial charge in [-0.1, -0.05) is 11.6 Å². The van der Waals surface area contributed by atoms with Gasteiger partial charge in [-0.2, -0.15) is 0 Å². The normalized spacial score (nSPS) is 18.6. The van der Waals surface area contributed by atoms with Gasteiger partial charge < -0.3 is 15.0 Å². The lowest BCUT2D eigenvalue weighted by molar-refractivity contribution is -0.129. The van der Waals surface area contributed by atoms with E-state index in [0.29, 0.717) is 13.2 Å². The Morgan fingerprint density at radius 3 is 3.20 bits per heavy atom. The summed E-state index contributed by atoms with van der Waals surface area (Å²) in [5.74, 6) is 0.000346. The maximum atomic E-state index is 11.8. The van der Waals surface area contributed by atoms with Gasteiger partial charge in [-0.25, -0.2) is 0 Å². The van der Waals surface area contributed by atoms with Gasteiger partial charge in [0.1, 0.15) is 6.10 Å². The minimum atomic E-state index is -0.257. The molecule has 0 aliphatic carbocycles. The molecule has 2 N–H and O–H groups in total. The molecule has 0 unspecified atom stereocenters. The fraction of sp³-hybridized carbons (Fsp3) is 0.400. The van der Waals surface area contributed by atoms with Crippen LogP contribution in [-0.4, -0.2) is 30.1 Å². The topological polar surface area (TPSA) is 54.1 Å². The molecule has 2 aromatic rings. The fourth-order valence-electron chi connectivity index (χ4n) is 2.58. The van der Waals surface area contributed by atoms with E-state index in [1.807, 2.05) is 24.4 Å². The standard InChI is InChI=1S/C15H17ClN2O2/c16-11-3-4-13-12(8-11)10(9-18-13)5-6-17-15(19)14-2-1-7-20-14/h3-4,8-9,14,18H,1-2,5-7H2,(H,17,19)/t14-/m1/s1. The lowest BCUT2D eigenvalue weighted by Crippen LogP contribution is -2.35. The number of aromatic nitrogens is 1. The second-order valence-corrected chi connectivity index (χ2v) is 5.48. The van der Waals surface area contributed by atoms with Gasteiger partial charge in [0.15, 0.2) is 0 Å². The number of carbonyl (C=O) groups excluding carboxylic acids is 1. The van der Waals surface area contributed by atoms with Crippen LogP contribution in [0.15, 0.2) is 24.4 Å². The van der Waals surface area contributed by atoms with Crippen molar-refractivity contribution >= 4 is 28.4 Å². The number of ether oxygens (including phenoxy) is 1. The first-order valence-corrected chi connectivity index (χ1v) is 7.26. The molecule has 1 atom stereocenters. The van der Waals surface area contributed by atoms with E-state index < -0.39 is 0 Å². The Hall–Kier alpha value is -1.52. The quantitative estimate of drug-likeness (QED) is 0.910. The van der Waals surface area contributed by atoms with Crippen molar-refractivity contribution in [1.82, 2.24) is 10.3 Å². The highest BCUT2D eigenvalue weighted by Gasteiger charge is 2.22. The molecule has 0 spiro atoms. The summed E-state index contributed by atoms with van der Waals surface area (Å²) in [5, 5.41) is 4.77. The summed E-state index contributed by atoms with van der Waals surface area (Å²) in [4.78, 5) is 15.0. The number of amides is 1. The zero-order valence-corrected chi connectivity index (χ0v) is 11.9. The van der Waals surface area contributed by atoms with Crippen LogP contribution in [0.5, 0.6) is 0 Å². The van der Waals surface area contributed by atoms with E-state index in [0.717, 1.165) is 40.8 Å². The van der Waals surface area contributed by atoms with E-state index in [9.17, 15) is 4.79 Å². The number of halogens is 1. The number of hydrogen-bond acceptors (Lipinski definition) is 2. The SMILES string of the molecule is O=C(NCCc1c[nH]c2ccc(Cl)cc12)[C@H]1CCCO1. The van der Waals surface area contributed by atoms with E-state index >= 15 is 0 Å². The molecule has 5 heteroatoms. The van der Waals surface area contributed by atoms with Crippen LogP contribution in [0.4, 0.5) is 0 Å². The monoisotopic (exact) mass is 292 g/mol. The maximum Gasteiger partial charge on any atom is 0.249 e. The minimum absolute atomic E-state index is 0.000346. The van der Waals surface area contributed by atoms with Crippen LogP contribution >= 0.6 is 11.6 Å². The van der Waals surface area contributed by atoms with E-state index in [1.165, 1.54) is 0 Å². The number of H-pyrrole nitrogens is 1. The second-order valence-electron chi connectivity index (χ2n) is 5.05. The van der Waals surface area contributed by atoms with Gasteiger partial charge in [-0.3, -0.25) is 4.79 Å². The number of nitrogens with one attached hydrogen (secondary N) is 2. The number of aromatic amines is 1. The van der Waals surface area contributed by atoms with Crippen LogP contribution in [0.1, 0.15) is 18.4 Å². The molecular formula is C15H17ClN2O2. The summed E-state index contributed by atoms with van der Waals surface area (Å²) in [6.45, 7) is 1.30. The number of rotatable bonds is 4. The predicted molar refractivity (Wildman–Crippen MR) is 79.0 cm³/mol. The van der Waals surface area contributed by atoms with Gasteiger partial charge in [0, 0.05) is 35.3 Å². The highest BCUT2D eigenvalue weighted by Crippen LogP contribution is 2.22. The van der Waals surface area contributed by atoms with Gasteiger partial charge in [-0.15, -0.1) is 0 Å². The van der Waals surface area contributed by atoms with E-state index in [2.05, 4.69) is 10.3 Å². The first-order valence-electron chi connectivity index (χ1n) is 6.89. The van der Waals surface area contributed by atoms with Gasteiger partial charge in [0.05, 0.1) is 0 Å². The molecule has 1 amide bonds. The zero-order valence-electron chi connectivity index (χ0n) is 11.1. The third-order valence-electron chi connectivity index (χ3n) is 3.65. The average Bonchev–Trinajstić information content (AvgIpc) is 3.08. The zero-order chi connectivity index (χ0) is 13.9. The molecule has 1 fully saturated rings. The molecule has 1 aliphatic heterocycles. The molecule has 3 rings (SSSR count). The van der Waals surface area contributed by atoms with Crippen LogP contribution in [0.3, 0.4) is 0 Å². The molecular weight excluding hydrogens is 276 g/mol. The molecule has 1 aliphatic rings. The van der Waals surface area contributed by atoms with Crippen LogP contribution in [0.2, 0.25) is 5.02 Å². The molecule has 0 saturated carbocycles. The smallest absolute Gasteiger partial charge is 0.249 e. The number of carbonyl (C=O) groups is 1. The van der Waals surface area contributed by atoms with Gasteiger partial charge >= 0.3 is 0 Å². The van der Waals surface area contributed by atoms with Crippen molar-refractivity contribution in [3.8, 4) is 0 Å². The summed E-state index contributed by atoms with van der Waals surface area (Å²) in [6, 6.07) is 5.78. The summed E-state index contributed by atoms with van der Waals surface area (Å²) >= 11 is 6.02. The maximum absolute atomic E-state index is 11.8. The summed E-state index contributed by atoms with van der Waals surface area (Å²) in [6.07, 6.45) is 4.29. The third kappa shape index (κ3) is 2.81. The van der Waals surface area contributed by atoms with Crippen molar-refractivity contribution in [2.24, 2.45) is 0 Å². The average molecular weight is 293 g/mol. The van der Waals surface area contributed by atoms with Gasteiger partial charge in [0.25, 0.3) is 0 Å². The van der Waals surface area contributed by atoms with Gasteiger partial charge in [-0.05, 0) is 43.0 Å². The lowest BCUT2D eigenvalue weighted by atomic mass is 10.1. The molecule has 20 heavy (non-hydrogen) atoms. The molecule has 1 aromatic heterocycles. The van der Waals surface area contributed by atoms with Gasteiger partial charge in [0.2, 0.25) is 5.91 Å². The summed E-state index contributed by atoms with van der Waals surface area (Å²) in [7, 11) is 0. The Morgan fingerprint density at radius 1 is 1.50 bits per heavy atom. The minimum Gasteiger partial charge on any atom is -0.368 e. The van der Waals surface area contributed by atoms with Crippen LogP contribution in [0.25, 0.3) is 10.9 Å². The molecule has 1 aromatic carbocycles. The Morgan fingerprint density at radius 2 is 2.40 bits per heavy atom. The van der Waals surface area contributed by atoms with Crippen molar-refractivity contribution in [3.05, 3.63) is 35.0 Å². The van der Waals surface area contributed by atoms with E-state index in [1.54, 1.807) is 0 Å². The summed E-state index contributed by atoms with van der Waals surface area (Å²) in [5.41, 5.74) is 2.23. The van der Waals surface area contributed by atoms with Crippen LogP contribution < -0.4 is 5.32 Å². The summed E-state index contributed by atoms with van der Waals surface area (Å²) < 4.78 is 5.35. The molecule has 2 heterocycles. The number of hydrogen-bond donors (Lipinski definition) is 2. The van der Waals surface area contributed by atoms with Crippen molar-refractivity contribution in [1.29, 1.82) is 0 Å². The van der Waals surface area contributed by atoms with Crippen LogP contribution in [0, 0.1) is 0 Å². The molecule has 0 bridgehead atoms. The first-order chi connectivity index (χ1) is 9.74. The van der Waals surface area contributed by atoms with Crippen molar-refractivity contribution in [2.75, 3.05) is 13.2 Å². The Kier molecular flexibility index (Phi) is 3.94.